The quantitative estimate of drug-likeness (QED) is 0.00735. The van der Waals surface area contributed by atoms with Gasteiger partial charge < -0.3 is 95.2 Å². The second-order valence-corrected chi connectivity index (χ2v) is 42.0. The normalized spacial score (nSPS) is 22.9. The fourth-order valence-electron chi connectivity index (χ4n) is 17.1. The van der Waals surface area contributed by atoms with E-state index in [2.05, 4.69) is 53.3 Å². The number of aryl methyl sites for hydroxylation is 3. The minimum Gasteiger partial charge on any atom is -0.508 e. The number of phenols is 3. The Bertz CT molecular complexity index is 4170. The van der Waals surface area contributed by atoms with Gasteiger partial charge in [0.15, 0.2) is 25.4 Å². The molecule has 30 nitrogen and oxygen atoms in total. The number of ether oxygens (including phenoxy) is 7. The number of halogens is 2. The Labute approximate surface area is 683 Å². The van der Waals surface area contributed by atoms with Crippen LogP contribution in [0.2, 0.25) is 0 Å². The van der Waals surface area contributed by atoms with E-state index in [9.17, 15) is 67.4 Å². The van der Waals surface area contributed by atoms with E-state index in [1.54, 1.807) is 26.3 Å². The monoisotopic (exact) mass is 1710 g/mol. The first-order valence-corrected chi connectivity index (χ1v) is 47.7. The van der Waals surface area contributed by atoms with E-state index in [1.807, 2.05) is 18.2 Å². The number of carbonyl (C=O) groups is 8. The SMILES string of the molecule is COc1ccc(NC(=O)COCCOCCNC(=O)CCOC2CCC3C4CCc5cc(O)ccc5C4CCC23C)c(O)c1C(N)=O.CP(C)(=O)Cl.CP(C)(=O)O.Cc1ccc(NC(=O)COCCOCCNC(=O)CCO[C@@H]2CCC3C4CCc5cc(OP(C)(C)=O)ccc5C4CCC32C)c(O)c1C(N)=O.O=C1CCC(=O)N1Cl. The van der Waals surface area contributed by atoms with E-state index >= 15 is 0 Å². The number of anilines is 2. The van der Waals surface area contributed by atoms with Gasteiger partial charge in [-0.05, 0) is 201 Å². The summed E-state index contributed by atoms with van der Waals surface area (Å²) in [7, 11) is -3.91. The highest BCUT2D eigenvalue weighted by Crippen LogP contribution is 2.63. The van der Waals surface area contributed by atoms with Crippen LogP contribution in [0, 0.1) is 41.4 Å². The van der Waals surface area contributed by atoms with Crippen molar-refractivity contribution in [3.63, 3.8) is 0 Å². The largest absolute Gasteiger partial charge is 0.508 e. The maximum Gasteiger partial charge on any atom is 0.256 e. The number of hydrogen-bond acceptors (Lipinski definition) is 22. The summed E-state index contributed by atoms with van der Waals surface area (Å²) in [5.74, 6) is 0.420. The Morgan fingerprint density at radius 1 is 0.557 bits per heavy atom. The van der Waals surface area contributed by atoms with Gasteiger partial charge in [-0.15, -0.1) is 0 Å². The second kappa shape index (κ2) is 43.5. The van der Waals surface area contributed by atoms with Crippen LogP contribution >= 0.6 is 44.2 Å². The van der Waals surface area contributed by atoms with Gasteiger partial charge in [-0.3, -0.25) is 47.5 Å². The van der Waals surface area contributed by atoms with Crippen LogP contribution in [-0.4, -0.2) is 210 Å². The highest BCUT2D eigenvalue weighted by molar-refractivity contribution is 7.88. The summed E-state index contributed by atoms with van der Waals surface area (Å²) in [6.07, 6.45) is 14.7. The van der Waals surface area contributed by atoms with Gasteiger partial charge in [-0.1, -0.05) is 43.3 Å². The highest BCUT2D eigenvalue weighted by Gasteiger charge is 2.57. The Balaban J connectivity index is 0.000000261. The topological polar surface area (TPSA) is 446 Å². The van der Waals surface area contributed by atoms with Gasteiger partial charge in [0.1, 0.15) is 36.0 Å². The van der Waals surface area contributed by atoms with Crippen LogP contribution in [0.5, 0.6) is 28.7 Å². The number of methoxy groups -OCH3 is 1. The van der Waals surface area contributed by atoms with E-state index in [1.165, 1.54) is 74.2 Å². The summed E-state index contributed by atoms with van der Waals surface area (Å²) in [5.41, 5.74) is 16.7. The summed E-state index contributed by atoms with van der Waals surface area (Å²) in [6.45, 7) is 15.4. The summed E-state index contributed by atoms with van der Waals surface area (Å²) < 4.78 is 77.6. The van der Waals surface area contributed by atoms with Crippen LogP contribution in [0.4, 0.5) is 11.4 Å². The van der Waals surface area contributed by atoms with Crippen LogP contribution in [0.15, 0.2) is 60.7 Å². The van der Waals surface area contributed by atoms with Crippen molar-refractivity contribution < 1.29 is 110 Å². The van der Waals surface area contributed by atoms with Gasteiger partial charge in [-0.2, -0.15) is 4.42 Å². The lowest BCUT2D eigenvalue weighted by molar-refractivity contribution is -0.132. The van der Waals surface area contributed by atoms with Crippen LogP contribution in [0.3, 0.4) is 0 Å². The van der Waals surface area contributed by atoms with Gasteiger partial charge in [0.25, 0.3) is 11.8 Å². The molecule has 4 saturated carbocycles. The molecular formula is C80H116Cl2N7O23P3. The molecule has 638 valence electrons. The number of carbonyl (C=O) groups excluding carboxylic acids is 8. The van der Waals surface area contributed by atoms with E-state index in [0.29, 0.717) is 109 Å². The van der Waals surface area contributed by atoms with E-state index in [4.69, 9.17) is 77.1 Å². The van der Waals surface area contributed by atoms with E-state index < -0.39 is 50.6 Å². The number of aromatic hydroxyl groups is 3. The molecule has 9 unspecified atom stereocenters. The number of primary amides is 2. The van der Waals surface area contributed by atoms with Gasteiger partial charge in [-0.25, -0.2) is 0 Å². The van der Waals surface area contributed by atoms with Crippen molar-refractivity contribution in [3.8, 4) is 28.7 Å². The standard InChI is InChI=1S/C37H52N3O9P.C35H47N3O9.C4H4ClNO2.C2H6ClOP.C2H7O2P/c1-23-5-11-30(35(43)34(23)36(38)44)40-33(42)22-47-20-19-46-18-16-39-32(41)14-17-48-31-12-10-29-28-8-6-24-21-25(49-50(3,4)45)7-9-26(24)27(28)13-15-37(29,31)2;1-35-13-11-24-23-6-4-22(39)19-21(23)3-5-25(24)26(35)7-10-29(35)47-15-12-30(40)37-14-16-45-17-18-46-20-31(41)38-27-8-9-28(44-2)32(33(27)42)34(36)43;5-6-3(7)1-2-4(6)8;2*1-5(2,3)4/h5,7,9,11,21,27-29,31,43H,6,8,10,12-20,22H2,1-4H3,(H2,38,44)(H,39,41)(H,40,42);4,6,8-9,19,24-26,29,39,42H,3,5,7,10-18,20H2,1-2H3,(H2,36,43)(H,37,40)(H,38,41);1-2H2;1-2H3;1-2H3,(H,3,4)/t27?,28?,29?,31-,37?;;;;/m1..../s1. The third-order valence-corrected chi connectivity index (χ3v) is 23.0. The molecule has 0 radical (unpaired) electrons. The Kier molecular flexibility index (Phi) is 35.9. The van der Waals surface area contributed by atoms with Crippen LogP contribution in [0.25, 0.3) is 0 Å². The molecule has 0 bridgehead atoms. The maximum atomic E-state index is 12.5. The smallest absolute Gasteiger partial charge is 0.256 e. The number of benzene rings is 4. The molecule has 35 heteroatoms. The lowest BCUT2D eigenvalue weighted by atomic mass is 9.55. The number of phenolic OH excluding ortho intramolecular Hbond substituents is 1. The molecule has 1 saturated heterocycles. The van der Waals surface area contributed by atoms with Crippen molar-refractivity contribution in [2.45, 2.75) is 148 Å². The number of nitrogens with two attached hydrogens (primary N) is 2. The van der Waals surface area contributed by atoms with E-state index in [0.717, 1.165) is 77.0 Å². The third-order valence-electron chi connectivity index (χ3n) is 22.0. The number of nitrogens with one attached hydrogen (secondary N) is 4. The molecule has 6 aliphatic carbocycles. The molecule has 10 atom stereocenters. The Morgan fingerprint density at radius 2 is 0.983 bits per heavy atom. The van der Waals surface area contributed by atoms with Gasteiger partial charge >= 0.3 is 0 Å². The van der Waals surface area contributed by atoms with Gasteiger partial charge in [0, 0.05) is 90.5 Å². The molecule has 0 aromatic heterocycles. The molecule has 0 spiro atoms. The lowest BCUT2D eigenvalue weighted by Gasteiger charge is -2.50. The average Bonchev–Trinajstić information content (AvgIpc) is 1.63. The zero-order valence-corrected chi connectivity index (χ0v) is 71.6. The first-order valence-electron chi connectivity index (χ1n) is 38.8. The van der Waals surface area contributed by atoms with Crippen molar-refractivity contribution >= 4 is 103 Å². The molecule has 115 heavy (non-hydrogen) atoms. The van der Waals surface area contributed by atoms with Crippen LogP contribution < -0.4 is 42.0 Å². The molecule has 8 amide bonds. The Hall–Kier alpha value is -7.17. The van der Waals surface area contributed by atoms with Gasteiger partial charge in [0.05, 0.1) is 89.1 Å². The van der Waals surface area contributed by atoms with Crippen molar-refractivity contribution in [2.24, 2.45) is 46.0 Å². The van der Waals surface area contributed by atoms with Crippen molar-refractivity contribution in [2.75, 3.05) is 137 Å². The number of imide groups is 1. The van der Waals surface area contributed by atoms with E-state index in [-0.39, 0.29) is 133 Å². The highest BCUT2D eigenvalue weighted by atomic mass is 35.7. The summed E-state index contributed by atoms with van der Waals surface area (Å²) in [5, 5.41) is 41.1. The van der Waals surface area contributed by atoms with Crippen LogP contribution in [-0.2, 0) is 83.7 Å². The molecule has 5 fully saturated rings. The van der Waals surface area contributed by atoms with Crippen molar-refractivity contribution in [1.29, 1.82) is 0 Å². The number of rotatable bonds is 31. The molecule has 12 N–H and O–H groups in total. The fourth-order valence-corrected chi connectivity index (χ4v) is 17.8. The average molecular weight is 1710 g/mol. The molecule has 7 aliphatic rings. The Morgan fingerprint density at radius 3 is 1.41 bits per heavy atom. The molecular weight excluding hydrogens is 1590 g/mol. The predicted molar refractivity (Wildman–Crippen MR) is 438 cm³/mol. The van der Waals surface area contributed by atoms with Gasteiger partial charge in [0.2, 0.25) is 42.8 Å². The molecule has 1 heterocycles. The van der Waals surface area contributed by atoms with Crippen LogP contribution in [0.1, 0.15) is 164 Å². The summed E-state index contributed by atoms with van der Waals surface area (Å²) in [6, 6.07) is 18.1. The third kappa shape index (κ3) is 28.5. The molecule has 1 aliphatic heterocycles. The summed E-state index contributed by atoms with van der Waals surface area (Å²) >= 11 is 10.2. The predicted octanol–water partition coefficient (Wildman–Crippen LogP) is 11.3. The zero-order chi connectivity index (χ0) is 84.8. The number of fused-ring (bicyclic) bond motifs is 10. The minimum atomic E-state index is -2.64. The molecule has 4 aromatic rings. The second-order valence-electron chi connectivity index (χ2n) is 31.5. The number of amides is 8. The summed E-state index contributed by atoms with van der Waals surface area (Å²) in [4.78, 5) is 101. The first-order chi connectivity index (χ1) is 54.1. The molecule has 4 aromatic carbocycles. The maximum absolute atomic E-state index is 12.5. The zero-order valence-electron chi connectivity index (χ0n) is 67.4. The molecule has 11 rings (SSSR count). The number of nitrogens with zero attached hydrogens (tertiary/aromatic N) is 1. The first kappa shape index (κ1) is 95.0. The fraction of sp³-hybridized carbons (Fsp3) is 0.600. The lowest BCUT2D eigenvalue weighted by Crippen LogP contribution is -2.45. The number of hydrogen-bond donors (Lipinski definition) is 10. The van der Waals surface area contributed by atoms with Crippen molar-refractivity contribution in [1.82, 2.24) is 15.1 Å². The van der Waals surface area contributed by atoms with Crippen molar-refractivity contribution in [3.05, 3.63) is 99.6 Å². The minimum absolute atomic E-state index is 0.00780.